The molecule has 0 aliphatic heterocycles. The van der Waals surface area contributed by atoms with Crippen molar-refractivity contribution in [3.8, 4) is 5.69 Å². The molecule has 20 heavy (non-hydrogen) atoms. The first-order valence-electron chi connectivity index (χ1n) is 6.81. The van der Waals surface area contributed by atoms with Gasteiger partial charge in [0.1, 0.15) is 0 Å². The lowest BCUT2D eigenvalue weighted by molar-refractivity contribution is 0.0938. The quantitative estimate of drug-likeness (QED) is 0.930. The van der Waals surface area contributed by atoms with Gasteiger partial charge >= 0.3 is 0 Å². The maximum atomic E-state index is 11.8. The molecule has 0 fully saturated rings. The van der Waals surface area contributed by atoms with Gasteiger partial charge in [0.25, 0.3) is 5.91 Å². The normalized spacial score (nSPS) is 11.1. The van der Waals surface area contributed by atoms with Gasteiger partial charge < -0.3 is 5.32 Å². The summed E-state index contributed by atoms with van der Waals surface area (Å²) in [6.45, 7) is 8.12. The fourth-order valence-electron chi connectivity index (χ4n) is 1.84. The minimum Gasteiger partial charge on any atom is -0.348 e. The van der Waals surface area contributed by atoms with Crippen molar-refractivity contribution in [1.29, 1.82) is 0 Å². The molecule has 2 aromatic rings. The van der Waals surface area contributed by atoms with Gasteiger partial charge in [0.2, 0.25) is 0 Å². The smallest absolute Gasteiger partial charge is 0.273 e. The Balaban J connectivity index is 2.18. The van der Waals surface area contributed by atoms with Crippen LogP contribution in [-0.4, -0.2) is 26.9 Å². The molecule has 0 atom stereocenters. The van der Waals surface area contributed by atoms with Crippen molar-refractivity contribution in [2.45, 2.75) is 39.7 Å². The second kappa shape index (κ2) is 5.86. The van der Waals surface area contributed by atoms with Crippen molar-refractivity contribution in [2.24, 2.45) is 0 Å². The van der Waals surface area contributed by atoms with Crippen LogP contribution in [0.1, 0.15) is 49.7 Å². The third kappa shape index (κ3) is 3.23. The van der Waals surface area contributed by atoms with Crippen LogP contribution in [0.3, 0.4) is 0 Å². The molecule has 0 aliphatic rings. The first-order chi connectivity index (χ1) is 9.47. The van der Waals surface area contributed by atoms with Gasteiger partial charge in [-0.1, -0.05) is 31.2 Å². The lowest BCUT2D eigenvalue weighted by Gasteiger charge is -2.06. The second-order valence-corrected chi connectivity index (χ2v) is 5.42. The molecule has 5 nitrogen and oxygen atoms in total. The van der Waals surface area contributed by atoms with Crippen LogP contribution in [0.5, 0.6) is 0 Å². The number of hydrogen-bond donors (Lipinski definition) is 1. The number of rotatable bonds is 4. The van der Waals surface area contributed by atoms with E-state index in [-0.39, 0.29) is 11.9 Å². The maximum Gasteiger partial charge on any atom is 0.273 e. The molecule has 0 spiro atoms. The van der Waals surface area contributed by atoms with E-state index in [1.165, 1.54) is 5.56 Å². The maximum absolute atomic E-state index is 11.8. The highest BCUT2D eigenvalue weighted by molar-refractivity contribution is 5.92. The van der Waals surface area contributed by atoms with Crippen LogP contribution in [0.2, 0.25) is 0 Å². The Bertz CT molecular complexity index is 584. The Kier molecular flexibility index (Phi) is 4.17. The van der Waals surface area contributed by atoms with E-state index in [0.29, 0.717) is 11.6 Å². The highest BCUT2D eigenvalue weighted by Gasteiger charge is 2.12. The summed E-state index contributed by atoms with van der Waals surface area (Å²) >= 11 is 0. The molecule has 0 unspecified atom stereocenters. The van der Waals surface area contributed by atoms with Crippen LogP contribution < -0.4 is 5.32 Å². The fourth-order valence-corrected chi connectivity index (χ4v) is 1.84. The average molecular weight is 272 g/mol. The summed E-state index contributed by atoms with van der Waals surface area (Å²) < 4.78 is 1.61. The summed E-state index contributed by atoms with van der Waals surface area (Å²) in [6, 6.07) is 8.17. The van der Waals surface area contributed by atoms with Gasteiger partial charge in [0.15, 0.2) is 5.69 Å². The molecule has 1 aromatic heterocycles. The molecule has 5 heteroatoms. The number of nitrogens with zero attached hydrogens (tertiary/aromatic N) is 3. The van der Waals surface area contributed by atoms with E-state index in [1.807, 2.05) is 26.0 Å². The van der Waals surface area contributed by atoms with Crippen LogP contribution in [0, 0.1) is 0 Å². The lowest BCUT2D eigenvalue weighted by atomic mass is 10.0. The SMILES string of the molecule is CC(C)NC(=O)c1cn(-c2ccc(C(C)C)cc2)nn1. The van der Waals surface area contributed by atoms with Crippen molar-refractivity contribution < 1.29 is 4.79 Å². The molecule has 0 saturated heterocycles. The van der Waals surface area contributed by atoms with E-state index >= 15 is 0 Å². The van der Waals surface area contributed by atoms with Gasteiger partial charge in [-0.25, -0.2) is 4.68 Å². The molecular formula is C15H20N4O. The van der Waals surface area contributed by atoms with E-state index < -0.39 is 0 Å². The summed E-state index contributed by atoms with van der Waals surface area (Å²) in [7, 11) is 0. The first-order valence-corrected chi connectivity index (χ1v) is 6.81. The van der Waals surface area contributed by atoms with Gasteiger partial charge in [0.05, 0.1) is 11.9 Å². The van der Waals surface area contributed by atoms with Gasteiger partial charge in [-0.15, -0.1) is 5.10 Å². The highest BCUT2D eigenvalue weighted by Crippen LogP contribution is 2.16. The molecule has 1 amide bonds. The molecule has 0 bridgehead atoms. The van der Waals surface area contributed by atoms with Crippen molar-refractivity contribution in [1.82, 2.24) is 20.3 Å². The summed E-state index contributed by atoms with van der Waals surface area (Å²) in [5.41, 5.74) is 2.49. The number of carbonyl (C=O) groups excluding carboxylic acids is 1. The molecule has 0 aliphatic carbocycles. The first kappa shape index (κ1) is 14.2. The van der Waals surface area contributed by atoms with Crippen LogP contribution in [0.4, 0.5) is 0 Å². The Morgan fingerprint density at radius 2 is 1.80 bits per heavy atom. The zero-order chi connectivity index (χ0) is 14.7. The largest absolute Gasteiger partial charge is 0.348 e. The number of carbonyl (C=O) groups is 1. The molecule has 0 radical (unpaired) electrons. The molecular weight excluding hydrogens is 252 g/mol. The average Bonchev–Trinajstić information content (AvgIpc) is 2.87. The number of hydrogen-bond acceptors (Lipinski definition) is 3. The van der Waals surface area contributed by atoms with Crippen LogP contribution in [0.25, 0.3) is 5.69 Å². The predicted molar refractivity (Wildman–Crippen MR) is 78.1 cm³/mol. The lowest BCUT2D eigenvalue weighted by Crippen LogP contribution is -2.30. The summed E-state index contributed by atoms with van der Waals surface area (Å²) in [6.07, 6.45) is 1.64. The van der Waals surface area contributed by atoms with E-state index in [1.54, 1.807) is 10.9 Å². The number of aromatic nitrogens is 3. The molecule has 1 heterocycles. The van der Waals surface area contributed by atoms with E-state index in [2.05, 4.69) is 41.6 Å². The summed E-state index contributed by atoms with van der Waals surface area (Å²) in [5, 5.41) is 10.7. The van der Waals surface area contributed by atoms with Gasteiger partial charge in [0, 0.05) is 6.04 Å². The number of benzene rings is 1. The Morgan fingerprint density at radius 1 is 1.15 bits per heavy atom. The molecule has 1 aromatic carbocycles. The summed E-state index contributed by atoms with van der Waals surface area (Å²) in [4.78, 5) is 11.8. The van der Waals surface area contributed by atoms with Crippen LogP contribution in [-0.2, 0) is 0 Å². The third-order valence-electron chi connectivity index (χ3n) is 2.97. The minimum atomic E-state index is -0.204. The van der Waals surface area contributed by atoms with Gasteiger partial charge in [-0.05, 0) is 37.5 Å². The molecule has 2 rings (SSSR count). The Morgan fingerprint density at radius 3 is 2.35 bits per heavy atom. The van der Waals surface area contributed by atoms with Crippen LogP contribution in [0.15, 0.2) is 30.5 Å². The van der Waals surface area contributed by atoms with Crippen LogP contribution >= 0.6 is 0 Å². The zero-order valence-corrected chi connectivity index (χ0v) is 12.3. The number of nitrogens with one attached hydrogen (secondary N) is 1. The molecule has 0 saturated carbocycles. The predicted octanol–water partition coefficient (Wildman–Crippen LogP) is 2.53. The fraction of sp³-hybridized carbons (Fsp3) is 0.400. The number of amides is 1. The third-order valence-corrected chi connectivity index (χ3v) is 2.97. The monoisotopic (exact) mass is 272 g/mol. The van der Waals surface area contributed by atoms with Crippen molar-refractivity contribution in [3.63, 3.8) is 0 Å². The van der Waals surface area contributed by atoms with E-state index in [9.17, 15) is 4.79 Å². The molecule has 106 valence electrons. The van der Waals surface area contributed by atoms with Gasteiger partial charge in [-0.2, -0.15) is 0 Å². The van der Waals surface area contributed by atoms with Crippen molar-refractivity contribution >= 4 is 5.91 Å². The topological polar surface area (TPSA) is 59.8 Å². The van der Waals surface area contributed by atoms with Gasteiger partial charge in [-0.3, -0.25) is 4.79 Å². The van der Waals surface area contributed by atoms with E-state index in [0.717, 1.165) is 5.69 Å². The van der Waals surface area contributed by atoms with Crippen molar-refractivity contribution in [2.75, 3.05) is 0 Å². The van der Waals surface area contributed by atoms with Crippen molar-refractivity contribution in [3.05, 3.63) is 41.7 Å². The Hall–Kier alpha value is -2.17. The Labute approximate surface area is 119 Å². The minimum absolute atomic E-state index is 0.0815. The summed E-state index contributed by atoms with van der Waals surface area (Å²) in [5.74, 6) is 0.289. The second-order valence-electron chi connectivity index (χ2n) is 5.42. The zero-order valence-electron chi connectivity index (χ0n) is 12.3. The standard InChI is InChI=1S/C15H20N4O/c1-10(2)12-5-7-13(8-6-12)19-9-14(17-18-19)15(20)16-11(3)4/h5-11H,1-4H3,(H,16,20). The van der Waals surface area contributed by atoms with E-state index in [4.69, 9.17) is 0 Å². The highest BCUT2D eigenvalue weighted by atomic mass is 16.2. The molecule has 1 N–H and O–H groups in total.